The Morgan fingerprint density at radius 3 is 2.65 bits per heavy atom. The van der Waals surface area contributed by atoms with Gasteiger partial charge in [0.05, 0.1) is 0 Å². The van der Waals surface area contributed by atoms with Crippen molar-refractivity contribution < 1.29 is 0 Å². The highest BCUT2D eigenvalue weighted by molar-refractivity contribution is 4.86. The van der Waals surface area contributed by atoms with Gasteiger partial charge in [-0.25, -0.2) is 0 Å². The third kappa shape index (κ3) is 3.94. The summed E-state index contributed by atoms with van der Waals surface area (Å²) in [5, 5.41) is 0. The van der Waals surface area contributed by atoms with E-state index < -0.39 is 0 Å². The molecule has 0 aliphatic carbocycles. The molecule has 0 aromatic heterocycles. The molecule has 2 N–H and O–H groups in total. The van der Waals surface area contributed by atoms with Crippen LogP contribution in [0.5, 0.6) is 0 Å². The molecule has 17 heavy (non-hydrogen) atoms. The second kappa shape index (κ2) is 6.72. The maximum atomic E-state index is 6.13. The first-order valence-corrected chi connectivity index (χ1v) is 7.51. The highest BCUT2D eigenvalue weighted by Crippen LogP contribution is 2.20. The van der Waals surface area contributed by atoms with Crippen LogP contribution in [0.15, 0.2) is 0 Å². The van der Waals surface area contributed by atoms with Gasteiger partial charge in [0, 0.05) is 25.2 Å². The first kappa shape index (κ1) is 13.3. The minimum Gasteiger partial charge on any atom is -0.327 e. The molecular formula is C14H29N3. The van der Waals surface area contributed by atoms with Gasteiger partial charge in [0.15, 0.2) is 0 Å². The van der Waals surface area contributed by atoms with Gasteiger partial charge in [-0.2, -0.15) is 0 Å². The Bertz CT molecular complexity index is 214. The van der Waals surface area contributed by atoms with Gasteiger partial charge in [0.1, 0.15) is 0 Å². The van der Waals surface area contributed by atoms with Crippen LogP contribution in [0.25, 0.3) is 0 Å². The zero-order valence-corrected chi connectivity index (χ0v) is 11.4. The maximum absolute atomic E-state index is 6.13. The molecule has 3 heteroatoms. The van der Waals surface area contributed by atoms with Crippen molar-refractivity contribution in [2.75, 3.05) is 32.7 Å². The number of nitrogens with zero attached hydrogens (tertiary/aromatic N) is 2. The van der Waals surface area contributed by atoms with Crippen molar-refractivity contribution >= 4 is 0 Å². The summed E-state index contributed by atoms with van der Waals surface area (Å²) in [6, 6.07) is 1.21. The predicted octanol–water partition coefficient (Wildman–Crippen LogP) is 1.67. The smallest absolute Gasteiger partial charge is 0.0235 e. The Kier molecular flexibility index (Phi) is 5.26. The summed E-state index contributed by atoms with van der Waals surface area (Å²) in [5.41, 5.74) is 6.13. The minimum atomic E-state index is 0.389. The minimum absolute atomic E-state index is 0.389. The van der Waals surface area contributed by atoms with E-state index in [4.69, 9.17) is 5.73 Å². The first-order valence-electron chi connectivity index (χ1n) is 7.51. The molecule has 2 aliphatic rings. The first-order chi connectivity index (χ1) is 8.29. The molecule has 2 unspecified atom stereocenters. The van der Waals surface area contributed by atoms with Crippen molar-refractivity contribution in [1.82, 2.24) is 9.80 Å². The molecule has 2 fully saturated rings. The van der Waals surface area contributed by atoms with E-state index in [9.17, 15) is 0 Å². The number of nitrogens with two attached hydrogens (primary N) is 1. The van der Waals surface area contributed by atoms with E-state index in [1.807, 2.05) is 0 Å². The second-order valence-electron chi connectivity index (χ2n) is 5.85. The number of piperidine rings is 1. The van der Waals surface area contributed by atoms with Crippen molar-refractivity contribution in [3.8, 4) is 0 Å². The standard InChI is InChI=1S/C14H29N3/c1-2-6-13(15)11-16-10-7-14(12-16)17-8-4-3-5-9-17/h13-14H,2-12,15H2,1H3. The average Bonchev–Trinajstić information content (AvgIpc) is 2.79. The van der Waals surface area contributed by atoms with Crippen LogP contribution >= 0.6 is 0 Å². The molecule has 0 radical (unpaired) electrons. The lowest BCUT2D eigenvalue weighted by molar-refractivity contribution is 0.161. The van der Waals surface area contributed by atoms with Gasteiger partial charge in [-0.3, -0.25) is 4.90 Å². The molecule has 0 aromatic carbocycles. The van der Waals surface area contributed by atoms with E-state index in [-0.39, 0.29) is 0 Å². The summed E-state index contributed by atoms with van der Waals surface area (Å²) in [5.74, 6) is 0. The van der Waals surface area contributed by atoms with E-state index in [2.05, 4.69) is 16.7 Å². The molecule has 0 spiro atoms. The molecule has 2 saturated heterocycles. The van der Waals surface area contributed by atoms with Gasteiger partial charge in [-0.05, 0) is 45.3 Å². The Morgan fingerprint density at radius 1 is 1.18 bits per heavy atom. The van der Waals surface area contributed by atoms with Crippen LogP contribution in [0.2, 0.25) is 0 Å². The molecule has 100 valence electrons. The van der Waals surface area contributed by atoms with Crippen molar-refractivity contribution in [2.45, 2.75) is 57.5 Å². The van der Waals surface area contributed by atoms with Crippen LogP contribution in [0.3, 0.4) is 0 Å². The summed E-state index contributed by atoms with van der Waals surface area (Å²) >= 11 is 0. The van der Waals surface area contributed by atoms with E-state index in [1.54, 1.807) is 0 Å². The van der Waals surface area contributed by atoms with Crippen molar-refractivity contribution in [3.05, 3.63) is 0 Å². The summed E-state index contributed by atoms with van der Waals surface area (Å²) in [7, 11) is 0. The predicted molar refractivity (Wildman–Crippen MR) is 73.2 cm³/mol. The molecule has 2 atom stereocenters. The van der Waals surface area contributed by atoms with E-state index in [0.29, 0.717) is 6.04 Å². The highest BCUT2D eigenvalue weighted by atomic mass is 15.3. The summed E-state index contributed by atoms with van der Waals surface area (Å²) in [6.07, 6.45) is 8.00. The number of hydrogen-bond acceptors (Lipinski definition) is 3. The van der Waals surface area contributed by atoms with Crippen LogP contribution < -0.4 is 5.73 Å². The summed E-state index contributed by atoms with van der Waals surface area (Å²) in [4.78, 5) is 5.30. The molecule has 2 aliphatic heterocycles. The quantitative estimate of drug-likeness (QED) is 0.792. The largest absolute Gasteiger partial charge is 0.327 e. The lowest BCUT2D eigenvalue weighted by Gasteiger charge is -2.32. The average molecular weight is 239 g/mol. The molecule has 0 amide bonds. The number of hydrogen-bond donors (Lipinski definition) is 1. The Balaban J connectivity index is 1.71. The van der Waals surface area contributed by atoms with Crippen LogP contribution in [-0.2, 0) is 0 Å². The molecule has 3 nitrogen and oxygen atoms in total. The fourth-order valence-corrected chi connectivity index (χ4v) is 3.35. The monoisotopic (exact) mass is 239 g/mol. The summed E-state index contributed by atoms with van der Waals surface area (Å²) in [6.45, 7) is 8.52. The molecule has 0 saturated carbocycles. The van der Waals surface area contributed by atoms with E-state index in [1.165, 1.54) is 64.7 Å². The molecule has 2 heterocycles. The number of rotatable bonds is 5. The van der Waals surface area contributed by atoms with E-state index >= 15 is 0 Å². The molecule has 0 bridgehead atoms. The highest BCUT2D eigenvalue weighted by Gasteiger charge is 2.28. The third-order valence-corrected chi connectivity index (χ3v) is 4.31. The van der Waals surface area contributed by atoms with Gasteiger partial charge < -0.3 is 10.6 Å². The van der Waals surface area contributed by atoms with Gasteiger partial charge in [-0.15, -0.1) is 0 Å². The van der Waals surface area contributed by atoms with Crippen LogP contribution in [-0.4, -0.2) is 54.6 Å². The van der Waals surface area contributed by atoms with E-state index in [0.717, 1.165) is 12.6 Å². The van der Waals surface area contributed by atoms with Gasteiger partial charge >= 0.3 is 0 Å². The van der Waals surface area contributed by atoms with Gasteiger partial charge in [0.25, 0.3) is 0 Å². The third-order valence-electron chi connectivity index (χ3n) is 4.31. The van der Waals surface area contributed by atoms with Crippen molar-refractivity contribution in [2.24, 2.45) is 5.73 Å². The van der Waals surface area contributed by atoms with Crippen molar-refractivity contribution in [3.63, 3.8) is 0 Å². The zero-order chi connectivity index (χ0) is 12.1. The van der Waals surface area contributed by atoms with Gasteiger partial charge in [-0.1, -0.05) is 19.8 Å². The number of likely N-dealkylation sites (tertiary alicyclic amines) is 2. The molecular weight excluding hydrogens is 210 g/mol. The topological polar surface area (TPSA) is 32.5 Å². The molecule has 0 aromatic rings. The van der Waals surface area contributed by atoms with Crippen LogP contribution in [0.1, 0.15) is 45.4 Å². The fourth-order valence-electron chi connectivity index (χ4n) is 3.35. The van der Waals surface area contributed by atoms with Crippen LogP contribution in [0.4, 0.5) is 0 Å². The summed E-state index contributed by atoms with van der Waals surface area (Å²) < 4.78 is 0. The maximum Gasteiger partial charge on any atom is 0.0235 e. The lowest BCUT2D eigenvalue weighted by atomic mass is 10.1. The SMILES string of the molecule is CCCC(N)CN1CCC(N2CCCCC2)C1. The normalized spacial score (nSPS) is 29.6. The van der Waals surface area contributed by atoms with Crippen LogP contribution in [0, 0.1) is 0 Å². The van der Waals surface area contributed by atoms with Crippen molar-refractivity contribution in [1.29, 1.82) is 0 Å². The second-order valence-corrected chi connectivity index (χ2v) is 5.85. The zero-order valence-electron chi connectivity index (χ0n) is 11.4. The Labute approximate surface area is 106 Å². The van der Waals surface area contributed by atoms with Gasteiger partial charge in [0.2, 0.25) is 0 Å². The Hall–Kier alpha value is -0.120. The Morgan fingerprint density at radius 2 is 1.94 bits per heavy atom. The molecule has 2 rings (SSSR count). The fraction of sp³-hybridized carbons (Fsp3) is 1.00. The lowest BCUT2D eigenvalue weighted by Crippen LogP contribution is -2.42.